The summed E-state index contributed by atoms with van der Waals surface area (Å²) in [5.41, 5.74) is 0. The van der Waals surface area contributed by atoms with Gasteiger partial charge in [0.1, 0.15) is 0 Å². The number of rotatable bonds is 7. The van der Waals surface area contributed by atoms with Gasteiger partial charge in [-0.2, -0.15) is 0 Å². The van der Waals surface area contributed by atoms with Crippen LogP contribution in [-0.4, -0.2) is 62.8 Å². The molecule has 0 aromatic carbocycles. The van der Waals surface area contributed by atoms with Crippen LogP contribution in [0, 0.1) is 0 Å². The predicted octanol–water partition coefficient (Wildman–Crippen LogP) is 1.44. The van der Waals surface area contributed by atoms with Crippen molar-refractivity contribution >= 4 is 0 Å². The first-order valence-corrected chi connectivity index (χ1v) is 6.31. The Morgan fingerprint density at radius 1 is 1.00 bits per heavy atom. The van der Waals surface area contributed by atoms with E-state index < -0.39 is 0 Å². The van der Waals surface area contributed by atoms with Crippen molar-refractivity contribution in [1.29, 1.82) is 0 Å². The predicted molar refractivity (Wildman–Crippen MR) is 64.3 cm³/mol. The zero-order chi connectivity index (χ0) is 10.9. The van der Waals surface area contributed by atoms with Crippen LogP contribution in [0.4, 0.5) is 0 Å². The van der Waals surface area contributed by atoms with Crippen molar-refractivity contribution < 1.29 is 4.74 Å². The number of piperazine rings is 1. The van der Waals surface area contributed by atoms with E-state index in [4.69, 9.17) is 4.74 Å². The molecule has 0 radical (unpaired) electrons. The second-order valence-corrected chi connectivity index (χ2v) is 4.46. The minimum absolute atomic E-state index is 0.910. The summed E-state index contributed by atoms with van der Waals surface area (Å²) in [5.74, 6) is 0. The Hall–Kier alpha value is -0.120. The van der Waals surface area contributed by atoms with Gasteiger partial charge in [-0.25, -0.2) is 0 Å². The van der Waals surface area contributed by atoms with Crippen LogP contribution in [0.2, 0.25) is 0 Å². The van der Waals surface area contributed by atoms with Crippen molar-refractivity contribution in [2.45, 2.75) is 26.2 Å². The molecule has 0 aromatic rings. The summed E-state index contributed by atoms with van der Waals surface area (Å²) in [6.07, 6.45) is 3.80. The van der Waals surface area contributed by atoms with E-state index in [9.17, 15) is 0 Å². The van der Waals surface area contributed by atoms with Crippen LogP contribution >= 0.6 is 0 Å². The van der Waals surface area contributed by atoms with Gasteiger partial charge in [0.25, 0.3) is 0 Å². The summed E-state index contributed by atoms with van der Waals surface area (Å²) in [5, 5.41) is 0. The van der Waals surface area contributed by atoms with Crippen molar-refractivity contribution in [1.82, 2.24) is 9.80 Å². The number of hydrogen-bond donors (Lipinski definition) is 0. The van der Waals surface area contributed by atoms with Gasteiger partial charge in [-0.1, -0.05) is 19.8 Å². The van der Waals surface area contributed by atoms with Crippen molar-refractivity contribution in [3.8, 4) is 0 Å². The highest BCUT2D eigenvalue weighted by Crippen LogP contribution is 1.99. The third kappa shape index (κ3) is 6.13. The average molecular weight is 214 g/mol. The Kier molecular flexibility index (Phi) is 6.98. The first-order valence-electron chi connectivity index (χ1n) is 6.31. The molecule has 1 rings (SSSR count). The summed E-state index contributed by atoms with van der Waals surface area (Å²) >= 11 is 0. The summed E-state index contributed by atoms with van der Waals surface area (Å²) in [6.45, 7) is 10.0. The quantitative estimate of drug-likeness (QED) is 0.596. The number of hydrogen-bond acceptors (Lipinski definition) is 3. The van der Waals surface area contributed by atoms with Gasteiger partial charge in [-0.05, 0) is 13.5 Å². The van der Waals surface area contributed by atoms with Gasteiger partial charge in [0.2, 0.25) is 0 Å². The standard InChI is InChI=1S/C12H26N2O/c1-3-4-5-11-15-12-10-14-8-6-13(2)7-9-14/h3-12H2,1-2H3. The van der Waals surface area contributed by atoms with Crippen molar-refractivity contribution in [3.05, 3.63) is 0 Å². The molecule has 3 heteroatoms. The Balaban J connectivity index is 1.87. The van der Waals surface area contributed by atoms with Gasteiger partial charge in [0, 0.05) is 39.3 Å². The lowest BCUT2D eigenvalue weighted by molar-refractivity contribution is 0.0801. The molecule has 0 spiro atoms. The molecule has 1 aliphatic rings. The van der Waals surface area contributed by atoms with Gasteiger partial charge in [-0.15, -0.1) is 0 Å². The topological polar surface area (TPSA) is 15.7 Å². The van der Waals surface area contributed by atoms with E-state index in [1.165, 1.54) is 45.4 Å². The summed E-state index contributed by atoms with van der Waals surface area (Å²) in [7, 11) is 2.19. The zero-order valence-corrected chi connectivity index (χ0v) is 10.4. The van der Waals surface area contributed by atoms with Crippen molar-refractivity contribution in [2.24, 2.45) is 0 Å². The molecule has 0 N–H and O–H groups in total. The summed E-state index contributed by atoms with van der Waals surface area (Å²) in [6, 6.07) is 0. The second kappa shape index (κ2) is 8.08. The molecule has 1 saturated heterocycles. The molecule has 0 atom stereocenters. The highest BCUT2D eigenvalue weighted by atomic mass is 16.5. The maximum atomic E-state index is 5.61. The molecule has 0 aromatic heterocycles. The molecule has 3 nitrogen and oxygen atoms in total. The van der Waals surface area contributed by atoms with E-state index >= 15 is 0 Å². The Morgan fingerprint density at radius 3 is 2.40 bits per heavy atom. The average Bonchev–Trinajstić information content (AvgIpc) is 2.26. The molecule has 1 fully saturated rings. The molecule has 1 heterocycles. The second-order valence-electron chi connectivity index (χ2n) is 4.46. The Labute approximate surface area is 94.4 Å². The summed E-state index contributed by atoms with van der Waals surface area (Å²) < 4.78 is 5.61. The highest BCUT2D eigenvalue weighted by Gasteiger charge is 2.12. The fourth-order valence-corrected chi connectivity index (χ4v) is 1.82. The number of nitrogens with zero attached hydrogens (tertiary/aromatic N) is 2. The number of unbranched alkanes of at least 4 members (excludes halogenated alkanes) is 2. The van der Waals surface area contributed by atoms with Gasteiger partial charge >= 0.3 is 0 Å². The third-order valence-corrected chi connectivity index (χ3v) is 3.04. The van der Waals surface area contributed by atoms with Gasteiger partial charge in [0.15, 0.2) is 0 Å². The van der Waals surface area contributed by atoms with Crippen LogP contribution in [0.5, 0.6) is 0 Å². The molecule has 0 unspecified atom stereocenters. The fourth-order valence-electron chi connectivity index (χ4n) is 1.82. The third-order valence-electron chi connectivity index (χ3n) is 3.04. The molecule has 0 bridgehead atoms. The molecule has 90 valence electrons. The number of likely N-dealkylation sites (N-methyl/N-ethyl adjacent to an activating group) is 1. The first kappa shape index (κ1) is 12.9. The van der Waals surface area contributed by atoms with Crippen LogP contribution in [0.1, 0.15) is 26.2 Å². The largest absolute Gasteiger partial charge is 0.380 e. The maximum absolute atomic E-state index is 5.61. The lowest BCUT2D eigenvalue weighted by atomic mass is 10.3. The van der Waals surface area contributed by atoms with E-state index in [0.29, 0.717) is 0 Å². The smallest absolute Gasteiger partial charge is 0.0593 e. The molecule has 15 heavy (non-hydrogen) atoms. The molecule has 1 aliphatic heterocycles. The van der Waals surface area contributed by atoms with Crippen molar-refractivity contribution in [3.63, 3.8) is 0 Å². The van der Waals surface area contributed by atoms with Crippen LogP contribution in [0.15, 0.2) is 0 Å². The Bertz CT molecular complexity index is 145. The van der Waals surface area contributed by atoms with E-state index in [2.05, 4.69) is 23.8 Å². The zero-order valence-electron chi connectivity index (χ0n) is 10.4. The molecule has 0 amide bonds. The normalized spacial score (nSPS) is 19.6. The van der Waals surface area contributed by atoms with Crippen LogP contribution in [-0.2, 0) is 4.74 Å². The Morgan fingerprint density at radius 2 is 1.73 bits per heavy atom. The number of ether oxygens (including phenoxy) is 1. The van der Waals surface area contributed by atoms with Crippen molar-refractivity contribution in [2.75, 3.05) is 53.0 Å². The minimum Gasteiger partial charge on any atom is -0.380 e. The minimum atomic E-state index is 0.910. The van der Waals surface area contributed by atoms with Crippen LogP contribution in [0.25, 0.3) is 0 Å². The first-order chi connectivity index (χ1) is 7.33. The lowest BCUT2D eigenvalue weighted by Crippen LogP contribution is -2.45. The maximum Gasteiger partial charge on any atom is 0.0593 e. The SMILES string of the molecule is CCCCCOCCN1CCN(C)CC1. The van der Waals surface area contributed by atoms with Gasteiger partial charge in [-0.3, -0.25) is 4.90 Å². The lowest BCUT2D eigenvalue weighted by Gasteiger charge is -2.32. The van der Waals surface area contributed by atoms with Crippen LogP contribution < -0.4 is 0 Å². The van der Waals surface area contributed by atoms with Gasteiger partial charge < -0.3 is 9.64 Å². The molecule has 0 aliphatic carbocycles. The van der Waals surface area contributed by atoms with E-state index in [1.54, 1.807) is 0 Å². The molecular formula is C12H26N2O. The van der Waals surface area contributed by atoms with E-state index in [0.717, 1.165) is 19.8 Å². The summed E-state index contributed by atoms with van der Waals surface area (Å²) in [4.78, 5) is 4.89. The monoisotopic (exact) mass is 214 g/mol. The molecule has 0 saturated carbocycles. The van der Waals surface area contributed by atoms with Gasteiger partial charge in [0.05, 0.1) is 6.61 Å². The van der Waals surface area contributed by atoms with E-state index in [-0.39, 0.29) is 0 Å². The fraction of sp³-hybridized carbons (Fsp3) is 1.00. The van der Waals surface area contributed by atoms with E-state index in [1.807, 2.05) is 0 Å². The molecular weight excluding hydrogens is 188 g/mol. The van der Waals surface area contributed by atoms with Crippen LogP contribution in [0.3, 0.4) is 0 Å². The highest BCUT2D eigenvalue weighted by molar-refractivity contribution is 4.68.